The van der Waals surface area contributed by atoms with E-state index in [1.807, 2.05) is 0 Å². The number of amides is 2. The normalized spacial score (nSPS) is 12.3. The quantitative estimate of drug-likeness (QED) is 0.498. The van der Waals surface area contributed by atoms with Gasteiger partial charge in [-0.25, -0.2) is 4.79 Å². The van der Waals surface area contributed by atoms with Crippen LogP contribution < -0.4 is 10.6 Å². The number of hydrogen-bond donors (Lipinski definition) is 4. The lowest BCUT2D eigenvalue weighted by Crippen LogP contribution is -2.47. The first-order chi connectivity index (χ1) is 9.54. The largest absolute Gasteiger partial charge is 0.481 e. The number of aliphatic carboxylic acids is 2. The molecular weight excluding hydrogens is 280 g/mol. The third kappa shape index (κ3) is 8.61. The number of carboxylic acids is 2. The Bertz CT molecular complexity index is 413. The van der Waals surface area contributed by atoms with Crippen molar-refractivity contribution in [2.75, 3.05) is 6.54 Å². The summed E-state index contributed by atoms with van der Waals surface area (Å²) < 4.78 is 0. The van der Waals surface area contributed by atoms with Crippen molar-refractivity contribution in [3.63, 3.8) is 0 Å². The molecule has 0 aromatic rings. The van der Waals surface area contributed by atoms with Gasteiger partial charge >= 0.3 is 11.9 Å². The summed E-state index contributed by atoms with van der Waals surface area (Å²) >= 11 is 0. The lowest BCUT2D eigenvalue weighted by atomic mass is 9.96. The molecule has 0 saturated heterocycles. The van der Waals surface area contributed by atoms with Gasteiger partial charge in [0.1, 0.15) is 6.04 Å². The molecule has 8 nitrogen and oxygen atoms in total. The lowest BCUT2D eigenvalue weighted by Gasteiger charge is -2.18. The second-order valence-corrected chi connectivity index (χ2v) is 5.68. The number of rotatable bonds is 8. The van der Waals surface area contributed by atoms with Gasteiger partial charge in [0, 0.05) is 11.8 Å². The molecule has 0 bridgehead atoms. The summed E-state index contributed by atoms with van der Waals surface area (Å²) in [6.07, 6.45) is -0.0120. The topological polar surface area (TPSA) is 133 Å². The van der Waals surface area contributed by atoms with Crippen molar-refractivity contribution in [3.8, 4) is 0 Å². The summed E-state index contributed by atoms with van der Waals surface area (Å²) in [5, 5.41) is 22.1. The van der Waals surface area contributed by atoms with Crippen LogP contribution in [0.2, 0.25) is 0 Å². The Labute approximate surface area is 122 Å². The molecule has 0 heterocycles. The highest BCUT2D eigenvalue weighted by molar-refractivity contribution is 5.89. The summed E-state index contributed by atoms with van der Waals surface area (Å²) in [5.41, 5.74) is -0.645. The van der Waals surface area contributed by atoms with Crippen LogP contribution in [0, 0.1) is 5.41 Å². The Morgan fingerprint density at radius 1 is 1.10 bits per heavy atom. The molecular formula is C13H22N2O6. The first-order valence-electron chi connectivity index (χ1n) is 6.56. The Hall–Kier alpha value is -2.12. The second kappa shape index (κ2) is 8.23. The van der Waals surface area contributed by atoms with E-state index >= 15 is 0 Å². The molecule has 8 heteroatoms. The molecule has 0 aliphatic rings. The van der Waals surface area contributed by atoms with Gasteiger partial charge in [-0.1, -0.05) is 20.8 Å². The standard InChI is InChI=1S/C13H22N2O6/c1-13(2,3)12(21)14-7-9(16)15-8(11(19)20)5-4-6-10(17)18/h8H,4-7H2,1-3H3,(H,14,21)(H,15,16)(H,17,18)(H,19,20)/t8-/m1/s1. The minimum absolute atomic E-state index is 0.0145. The van der Waals surface area contributed by atoms with E-state index in [4.69, 9.17) is 10.2 Å². The van der Waals surface area contributed by atoms with Crippen LogP contribution in [0.5, 0.6) is 0 Å². The van der Waals surface area contributed by atoms with Crippen molar-refractivity contribution in [1.29, 1.82) is 0 Å². The van der Waals surface area contributed by atoms with Crippen molar-refractivity contribution in [2.45, 2.75) is 46.1 Å². The van der Waals surface area contributed by atoms with Crippen molar-refractivity contribution in [3.05, 3.63) is 0 Å². The molecule has 0 aromatic carbocycles. The number of carbonyl (C=O) groups excluding carboxylic acids is 2. The average molecular weight is 302 g/mol. The summed E-state index contributed by atoms with van der Waals surface area (Å²) in [7, 11) is 0. The van der Waals surface area contributed by atoms with Crippen LogP contribution in [-0.2, 0) is 19.2 Å². The molecule has 2 amide bonds. The van der Waals surface area contributed by atoms with Crippen LogP contribution in [0.15, 0.2) is 0 Å². The molecule has 0 unspecified atom stereocenters. The van der Waals surface area contributed by atoms with Gasteiger partial charge in [0.15, 0.2) is 0 Å². The zero-order chi connectivity index (χ0) is 16.6. The van der Waals surface area contributed by atoms with Gasteiger partial charge in [-0.15, -0.1) is 0 Å². The van der Waals surface area contributed by atoms with E-state index in [1.54, 1.807) is 20.8 Å². The van der Waals surface area contributed by atoms with Gasteiger partial charge < -0.3 is 20.8 Å². The monoisotopic (exact) mass is 302 g/mol. The van der Waals surface area contributed by atoms with Gasteiger partial charge in [-0.05, 0) is 12.8 Å². The van der Waals surface area contributed by atoms with E-state index < -0.39 is 29.3 Å². The number of nitrogens with one attached hydrogen (secondary N) is 2. The smallest absolute Gasteiger partial charge is 0.326 e. The molecule has 0 aromatic heterocycles. The van der Waals surface area contributed by atoms with Crippen LogP contribution in [0.1, 0.15) is 40.0 Å². The van der Waals surface area contributed by atoms with E-state index in [2.05, 4.69) is 10.6 Å². The molecule has 120 valence electrons. The molecule has 0 radical (unpaired) electrons. The van der Waals surface area contributed by atoms with Gasteiger partial charge in [0.25, 0.3) is 0 Å². The van der Waals surface area contributed by atoms with Crippen LogP contribution in [0.3, 0.4) is 0 Å². The lowest BCUT2D eigenvalue weighted by molar-refractivity contribution is -0.142. The Morgan fingerprint density at radius 2 is 1.67 bits per heavy atom. The third-order valence-electron chi connectivity index (χ3n) is 2.61. The predicted octanol–water partition coefficient (Wildman–Crippen LogP) is -0.0270. The summed E-state index contributed by atoms with van der Waals surface area (Å²) in [5.74, 6) is -3.22. The van der Waals surface area contributed by atoms with E-state index in [0.717, 1.165) is 0 Å². The van der Waals surface area contributed by atoms with E-state index in [1.165, 1.54) is 0 Å². The third-order valence-corrected chi connectivity index (χ3v) is 2.61. The SMILES string of the molecule is CC(C)(C)C(=O)NCC(=O)N[C@H](CCCC(=O)O)C(=O)O. The van der Waals surface area contributed by atoms with Gasteiger partial charge in [-0.2, -0.15) is 0 Å². The van der Waals surface area contributed by atoms with E-state index in [9.17, 15) is 19.2 Å². The summed E-state index contributed by atoms with van der Waals surface area (Å²) in [6, 6.07) is -1.16. The summed E-state index contributed by atoms with van der Waals surface area (Å²) in [4.78, 5) is 44.5. The molecule has 21 heavy (non-hydrogen) atoms. The Balaban J connectivity index is 4.27. The molecule has 4 N–H and O–H groups in total. The average Bonchev–Trinajstić information content (AvgIpc) is 2.32. The molecule has 0 aliphatic carbocycles. The van der Waals surface area contributed by atoms with E-state index in [-0.39, 0.29) is 31.7 Å². The van der Waals surface area contributed by atoms with Crippen LogP contribution >= 0.6 is 0 Å². The predicted molar refractivity (Wildman–Crippen MR) is 73.5 cm³/mol. The van der Waals surface area contributed by atoms with Crippen LogP contribution in [-0.4, -0.2) is 46.6 Å². The van der Waals surface area contributed by atoms with Gasteiger partial charge in [0.2, 0.25) is 11.8 Å². The van der Waals surface area contributed by atoms with Crippen LogP contribution in [0.25, 0.3) is 0 Å². The van der Waals surface area contributed by atoms with Gasteiger partial charge in [0.05, 0.1) is 6.54 Å². The van der Waals surface area contributed by atoms with Crippen molar-refractivity contribution in [2.24, 2.45) is 5.41 Å². The zero-order valence-electron chi connectivity index (χ0n) is 12.4. The fourth-order valence-electron chi connectivity index (χ4n) is 1.39. The Kier molecular flexibility index (Phi) is 7.40. The van der Waals surface area contributed by atoms with Gasteiger partial charge in [-0.3, -0.25) is 14.4 Å². The van der Waals surface area contributed by atoms with E-state index in [0.29, 0.717) is 0 Å². The Morgan fingerprint density at radius 3 is 2.10 bits per heavy atom. The summed E-state index contributed by atoms with van der Waals surface area (Å²) in [6.45, 7) is 4.74. The highest BCUT2D eigenvalue weighted by Crippen LogP contribution is 2.11. The minimum atomic E-state index is -1.24. The highest BCUT2D eigenvalue weighted by Gasteiger charge is 2.23. The van der Waals surface area contributed by atoms with Crippen LogP contribution in [0.4, 0.5) is 0 Å². The molecule has 0 spiro atoms. The molecule has 1 atom stereocenters. The fraction of sp³-hybridized carbons (Fsp3) is 0.692. The second-order valence-electron chi connectivity index (χ2n) is 5.68. The highest BCUT2D eigenvalue weighted by atomic mass is 16.4. The minimum Gasteiger partial charge on any atom is -0.481 e. The first-order valence-corrected chi connectivity index (χ1v) is 6.56. The molecule has 0 fully saturated rings. The zero-order valence-corrected chi connectivity index (χ0v) is 12.4. The molecule has 0 rings (SSSR count). The maximum absolute atomic E-state index is 11.6. The fourth-order valence-corrected chi connectivity index (χ4v) is 1.39. The maximum Gasteiger partial charge on any atom is 0.326 e. The molecule has 0 saturated carbocycles. The van der Waals surface area contributed by atoms with Crippen molar-refractivity contribution in [1.82, 2.24) is 10.6 Å². The number of hydrogen-bond acceptors (Lipinski definition) is 4. The number of carbonyl (C=O) groups is 4. The van der Waals surface area contributed by atoms with Crippen molar-refractivity contribution >= 4 is 23.8 Å². The number of carboxylic acid groups (broad SMARTS) is 2. The molecule has 0 aliphatic heterocycles. The maximum atomic E-state index is 11.6. The first kappa shape index (κ1) is 18.9. The van der Waals surface area contributed by atoms with Crippen molar-refractivity contribution < 1.29 is 29.4 Å².